The van der Waals surface area contributed by atoms with Crippen LogP contribution in [0.3, 0.4) is 0 Å². The van der Waals surface area contributed by atoms with Gasteiger partial charge in [-0.15, -0.1) is 5.10 Å². The van der Waals surface area contributed by atoms with Crippen molar-refractivity contribution in [2.24, 2.45) is 0 Å². The molecule has 3 aromatic rings. The molecule has 6 nitrogen and oxygen atoms in total. The summed E-state index contributed by atoms with van der Waals surface area (Å²) in [5.41, 5.74) is 4.01. The maximum atomic E-state index is 9.78. The summed E-state index contributed by atoms with van der Waals surface area (Å²) in [5.74, 6) is 1.24. The highest BCUT2D eigenvalue weighted by atomic mass is 16.3. The van der Waals surface area contributed by atoms with Gasteiger partial charge in [0.2, 0.25) is 5.82 Å². The van der Waals surface area contributed by atoms with Crippen LogP contribution in [0.5, 0.6) is 5.75 Å². The largest absolute Gasteiger partial charge is 0.508 e. The lowest BCUT2D eigenvalue weighted by molar-refractivity contribution is -0.941. The van der Waals surface area contributed by atoms with Gasteiger partial charge in [-0.2, -0.15) is 0 Å². The molecular weight excluding hydrogens is 350 g/mol. The van der Waals surface area contributed by atoms with Crippen molar-refractivity contribution in [2.45, 2.75) is 50.7 Å². The lowest BCUT2D eigenvalue weighted by Gasteiger charge is -2.32. The van der Waals surface area contributed by atoms with Gasteiger partial charge in [-0.25, -0.2) is 4.68 Å². The van der Waals surface area contributed by atoms with Crippen molar-refractivity contribution in [2.75, 3.05) is 6.54 Å². The summed E-state index contributed by atoms with van der Waals surface area (Å²) in [6.45, 7) is 2.00. The van der Waals surface area contributed by atoms with Crippen molar-refractivity contribution in [3.8, 4) is 5.75 Å². The minimum atomic E-state index is 0.0598. The zero-order valence-corrected chi connectivity index (χ0v) is 16.0. The third kappa shape index (κ3) is 3.18. The fourth-order valence-corrected chi connectivity index (χ4v) is 4.88. The number of hydrogen-bond donors (Lipinski definition) is 2. The molecule has 0 spiro atoms. The van der Waals surface area contributed by atoms with Crippen molar-refractivity contribution in [1.82, 2.24) is 20.2 Å². The molecule has 2 N–H and O–H groups in total. The number of benzene rings is 2. The van der Waals surface area contributed by atoms with Crippen LogP contribution in [-0.2, 0) is 13.0 Å². The van der Waals surface area contributed by atoms with E-state index in [-0.39, 0.29) is 11.8 Å². The van der Waals surface area contributed by atoms with Crippen molar-refractivity contribution in [3.63, 3.8) is 0 Å². The summed E-state index contributed by atoms with van der Waals surface area (Å²) in [5, 5.41) is 22.8. The zero-order chi connectivity index (χ0) is 18.9. The number of aromatic hydroxyl groups is 1. The molecule has 2 atom stereocenters. The number of fused-ring (bicyclic) bond motifs is 1. The Morgan fingerprint density at radius 2 is 1.75 bits per heavy atom. The van der Waals surface area contributed by atoms with Crippen molar-refractivity contribution in [1.29, 1.82) is 0 Å². The molecule has 144 valence electrons. The summed E-state index contributed by atoms with van der Waals surface area (Å²) in [6.07, 6.45) is 5.86. The van der Waals surface area contributed by atoms with Gasteiger partial charge in [-0.1, -0.05) is 37.1 Å². The van der Waals surface area contributed by atoms with E-state index in [0.29, 0.717) is 6.04 Å². The molecule has 2 aromatic carbocycles. The van der Waals surface area contributed by atoms with Crippen LogP contribution >= 0.6 is 0 Å². The number of hydrogen-bond acceptors (Lipinski definition) is 4. The van der Waals surface area contributed by atoms with Gasteiger partial charge < -0.3 is 10.0 Å². The number of phenolic OH excluding ortho intramolecular Hbond substituents is 1. The summed E-state index contributed by atoms with van der Waals surface area (Å²) < 4.78 is 2.08. The van der Waals surface area contributed by atoms with E-state index in [0.717, 1.165) is 43.7 Å². The zero-order valence-electron chi connectivity index (χ0n) is 16.0. The van der Waals surface area contributed by atoms with Gasteiger partial charge in [0, 0.05) is 17.5 Å². The molecule has 1 saturated carbocycles. The van der Waals surface area contributed by atoms with Crippen LogP contribution in [0.1, 0.15) is 60.3 Å². The minimum Gasteiger partial charge on any atom is -0.508 e. The molecule has 1 aliphatic heterocycles. The number of phenols is 1. The molecule has 1 unspecified atom stereocenters. The van der Waals surface area contributed by atoms with Crippen molar-refractivity contribution >= 4 is 0 Å². The normalized spacial score (nSPS) is 20.8. The molecule has 0 radical (unpaired) electrons. The Bertz CT molecular complexity index is 946. The molecule has 0 amide bonds. The van der Waals surface area contributed by atoms with E-state index in [1.807, 2.05) is 12.1 Å². The van der Waals surface area contributed by atoms with Crippen LogP contribution in [0.15, 0.2) is 48.5 Å². The topological polar surface area (TPSA) is 68.3 Å². The van der Waals surface area contributed by atoms with Crippen LogP contribution < -0.4 is 4.90 Å². The molecular formula is C22H26N5O+. The molecule has 6 heteroatoms. The predicted molar refractivity (Wildman–Crippen MR) is 105 cm³/mol. The molecule has 1 aromatic heterocycles. The molecule has 28 heavy (non-hydrogen) atoms. The quantitative estimate of drug-likeness (QED) is 0.733. The number of quaternary nitrogens is 1. The average molecular weight is 376 g/mol. The lowest BCUT2D eigenvalue weighted by Crippen LogP contribution is -3.12. The molecule has 5 rings (SSSR count). The van der Waals surface area contributed by atoms with Crippen LogP contribution in [0, 0.1) is 0 Å². The SMILES string of the molecule is Oc1ccc([C@H](c2nnnn2C2CCCC2)[NH+]2CCc3ccccc3C2)cc1. The van der Waals surface area contributed by atoms with Crippen molar-refractivity contribution in [3.05, 3.63) is 71.0 Å². The Morgan fingerprint density at radius 1 is 1.00 bits per heavy atom. The Morgan fingerprint density at radius 3 is 2.54 bits per heavy atom. The van der Waals surface area contributed by atoms with Gasteiger partial charge in [0.1, 0.15) is 12.3 Å². The van der Waals surface area contributed by atoms with Gasteiger partial charge >= 0.3 is 0 Å². The number of nitrogens with one attached hydrogen (secondary N) is 1. The second kappa shape index (κ2) is 7.36. The maximum Gasteiger partial charge on any atom is 0.214 e. The molecule has 1 fully saturated rings. The first-order valence-corrected chi connectivity index (χ1v) is 10.3. The lowest BCUT2D eigenvalue weighted by atomic mass is 9.96. The third-order valence-electron chi connectivity index (χ3n) is 6.33. The van der Waals surface area contributed by atoms with E-state index < -0.39 is 0 Å². The number of nitrogens with zero attached hydrogens (tertiary/aromatic N) is 4. The second-order valence-corrected chi connectivity index (χ2v) is 8.05. The van der Waals surface area contributed by atoms with E-state index in [1.54, 1.807) is 12.1 Å². The fraction of sp³-hybridized carbons (Fsp3) is 0.409. The molecule has 0 saturated heterocycles. The van der Waals surface area contributed by atoms with Gasteiger partial charge in [0.25, 0.3) is 0 Å². The van der Waals surface area contributed by atoms with Gasteiger partial charge in [-0.05, 0) is 53.1 Å². The monoisotopic (exact) mass is 376 g/mol. The molecule has 2 aliphatic rings. The van der Waals surface area contributed by atoms with E-state index in [1.165, 1.54) is 28.9 Å². The fourth-order valence-electron chi connectivity index (χ4n) is 4.88. The van der Waals surface area contributed by atoms with E-state index in [2.05, 4.69) is 44.5 Å². The highest BCUT2D eigenvalue weighted by Crippen LogP contribution is 2.31. The third-order valence-corrected chi connectivity index (χ3v) is 6.33. The highest BCUT2D eigenvalue weighted by Gasteiger charge is 2.36. The van der Waals surface area contributed by atoms with Crippen LogP contribution in [-0.4, -0.2) is 31.9 Å². The summed E-state index contributed by atoms with van der Waals surface area (Å²) in [4.78, 5) is 1.46. The van der Waals surface area contributed by atoms with Crippen LogP contribution in [0.4, 0.5) is 0 Å². The first kappa shape index (κ1) is 17.4. The first-order valence-electron chi connectivity index (χ1n) is 10.3. The minimum absolute atomic E-state index is 0.0598. The van der Waals surface area contributed by atoms with Gasteiger partial charge in [-0.3, -0.25) is 0 Å². The maximum absolute atomic E-state index is 9.78. The highest BCUT2D eigenvalue weighted by molar-refractivity contribution is 5.31. The first-order chi connectivity index (χ1) is 13.8. The number of aromatic nitrogens is 4. The molecule has 2 heterocycles. The Balaban J connectivity index is 1.55. The molecule has 0 bridgehead atoms. The number of rotatable bonds is 4. The second-order valence-electron chi connectivity index (χ2n) is 8.05. The van der Waals surface area contributed by atoms with E-state index in [9.17, 15) is 5.11 Å². The summed E-state index contributed by atoms with van der Waals surface area (Å²) in [6, 6.07) is 16.8. The van der Waals surface area contributed by atoms with Gasteiger partial charge in [0.15, 0.2) is 6.04 Å². The Hall–Kier alpha value is -2.73. The van der Waals surface area contributed by atoms with E-state index in [4.69, 9.17) is 0 Å². The van der Waals surface area contributed by atoms with Gasteiger partial charge in [0.05, 0.1) is 12.6 Å². The average Bonchev–Trinajstić information content (AvgIpc) is 3.41. The Kier molecular flexibility index (Phi) is 4.56. The molecule has 1 aliphatic carbocycles. The standard InChI is InChI=1S/C22H25N5O/c28-20-11-9-17(10-12-20)21(22-23-24-25-27(22)19-7-3-4-8-19)26-14-13-16-5-1-2-6-18(16)15-26/h1-2,5-6,9-12,19,21,28H,3-4,7-8,13-15H2/p+1/t21-/m1/s1. The summed E-state index contributed by atoms with van der Waals surface area (Å²) >= 11 is 0. The van der Waals surface area contributed by atoms with Crippen LogP contribution in [0.2, 0.25) is 0 Å². The van der Waals surface area contributed by atoms with Crippen molar-refractivity contribution < 1.29 is 10.0 Å². The van der Waals surface area contributed by atoms with Crippen LogP contribution in [0.25, 0.3) is 0 Å². The predicted octanol–water partition coefficient (Wildman–Crippen LogP) is 2.22. The number of tetrazole rings is 1. The van der Waals surface area contributed by atoms with E-state index >= 15 is 0 Å². The smallest absolute Gasteiger partial charge is 0.214 e. The Labute approximate surface area is 164 Å². The summed E-state index contributed by atoms with van der Waals surface area (Å²) in [7, 11) is 0.